The first-order chi connectivity index (χ1) is 6.22. The Morgan fingerprint density at radius 3 is 2.54 bits per heavy atom. The first-order valence-electron chi connectivity index (χ1n) is 5.00. The van der Waals surface area contributed by atoms with Crippen molar-refractivity contribution in [2.24, 2.45) is 5.92 Å². The molecule has 0 aliphatic heterocycles. The van der Waals surface area contributed by atoms with Crippen LogP contribution in [0.2, 0.25) is 0 Å². The van der Waals surface area contributed by atoms with Gasteiger partial charge in [0.1, 0.15) is 5.78 Å². The van der Waals surface area contributed by atoms with E-state index in [-0.39, 0.29) is 11.7 Å². The third-order valence-electron chi connectivity index (χ3n) is 2.00. The molecule has 0 radical (unpaired) electrons. The molecule has 0 aromatic carbocycles. The van der Waals surface area contributed by atoms with Crippen LogP contribution in [0.1, 0.15) is 40.0 Å². The number of Topliss-reactive ketones (excluding diaryl/α,β-unsaturated/α-hetero) is 1. The highest BCUT2D eigenvalue weighted by molar-refractivity contribution is 5.79. The van der Waals surface area contributed by atoms with Gasteiger partial charge in [-0.25, -0.2) is 0 Å². The minimum Gasteiger partial charge on any atom is -0.299 e. The van der Waals surface area contributed by atoms with Gasteiger partial charge < -0.3 is 0 Å². The Kier molecular flexibility index (Phi) is 7.27. The van der Waals surface area contributed by atoms with Gasteiger partial charge in [-0.15, -0.1) is 0 Å². The Morgan fingerprint density at radius 2 is 2.08 bits per heavy atom. The van der Waals surface area contributed by atoms with Gasteiger partial charge in [0.2, 0.25) is 0 Å². The molecule has 0 N–H and O–H groups in total. The molecule has 0 aliphatic carbocycles. The molecule has 0 saturated carbocycles. The summed E-state index contributed by atoms with van der Waals surface area (Å²) in [7, 11) is 0. The van der Waals surface area contributed by atoms with Gasteiger partial charge in [0.15, 0.2) is 0 Å². The van der Waals surface area contributed by atoms with E-state index in [1.165, 1.54) is 0 Å². The monoisotopic (exact) mass is 180 g/mol. The highest BCUT2D eigenvalue weighted by Crippen LogP contribution is 2.09. The minimum absolute atomic E-state index is 0.134. The second-order valence-electron chi connectivity index (χ2n) is 3.24. The molecule has 0 amide bonds. The number of hydrogen-bond acceptors (Lipinski definition) is 1. The Labute approximate surface area is 81.5 Å². The predicted molar refractivity (Wildman–Crippen MR) is 57.7 cm³/mol. The van der Waals surface area contributed by atoms with Crippen molar-refractivity contribution in [1.82, 2.24) is 0 Å². The molecule has 1 nitrogen and oxygen atoms in total. The van der Waals surface area contributed by atoms with Gasteiger partial charge >= 0.3 is 0 Å². The average Bonchev–Trinajstić information content (AvgIpc) is 2.10. The van der Waals surface area contributed by atoms with Gasteiger partial charge in [0.05, 0.1) is 0 Å². The Morgan fingerprint density at radius 1 is 1.38 bits per heavy atom. The molecule has 0 aliphatic rings. The lowest BCUT2D eigenvalue weighted by molar-refractivity contribution is -0.119. The summed E-state index contributed by atoms with van der Waals surface area (Å²) in [6.07, 6.45) is 11.2. The molecule has 1 heteroatoms. The van der Waals surface area contributed by atoms with E-state index < -0.39 is 0 Å². The average molecular weight is 180 g/mol. The molecule has 0 fully saturated rings. The second kappa shape index (κ2) is 7.78. The van der Waals surface area contributed by atoms with E-state index in [0.29, 0.717) is 0 Å². The van der Waals surface area contributed by atoms with Gasteiger partial charge in [0.25, 0.3) is 0 Å². The summed E-state index contributed by atoms with van der Waals surface area (Å²) in [5.74, 6) is 0.411. The number of carbonyl (C=O) groups excluding carboxylic acids is 1. The van der Waals surface area contributed by atoms with E-state index in [9.17, 15) is 4.79 Å². The van der Waals surface area contributed by atoms with Crippen LogP contribution in [-0.4, -0.2) is 5.78 Å². The molecule has 1 unspecified atom stereocenters. The molecule has 0 aromatic rings. The number of rotatable bonds is 6. The molecular weight excluding hydrogens is 160 g/mol. The van der Waals surface area contributed by atoms with E-state index in [1.54, 1.807) is 6.92 Å². The van der Waals surface area contributed by atoms with Crippen LogP contribution in [0.3, 0.4) is 0 Å². The quantitative estimate of drug-likeness (QED) is 0.572. The van der Waals surface area contributed by atoms with Gasteiger partial charge in [-0.05, 0) is 26.7 Å². The molecule has 0 heterocycles. The van der Waals surface area contributed by atoms with Gasteiger partial charge in [-0.2, -0.15) is 0 Å². The zero-order chi connectivity index (χ0) is 10.1. The molecule has 0 aromatic heterocycles. The fourth-order valence-electron chi connectivity index (χ4n) is 1.20. The number of allylic oxidation sites excluding steroid dienone is 4. The van der Waals surface area contributed by atoms with E-state index in [4.69, 9.17) is 0 Å². The van der Waals surface area contributed by atoms with Crippen molar-refractivity contribution in [3.63, 3.8) is 0 Å². The van der Waals surface area contributed by atoms with Gasteiger partial charge in [-0.3, -0.25) is 4.79 Å². The van der Waals surface area contributed by atoms with Crippen LogP contribution in [-0.2, 0) is 4.79 Å². The summed E-state index contributed by atoms with van der Waals surface area (Å²) in [4.78, 5) is 11.1. The highest BCUT2D eigenvalue weighted by Gasteiger charge is 2.07. The fourth-order valence-corrected chi connectivity index (χ4v) is 1.20. The SMILES string of the molecule is CC=CCC=CC(CCC)C(C)=O. The lowest BCUT2D eigenvalue weighted by Crippen LogP contribution is -2.06. The zero-order valence-electron chi connectivity index (χ0n) is 8.92. The molecule has 0 bridgehead atoms. The minimum atomic E-state index is 0.134. The molecule has 74 valence electrons. The Balaban J connectivity index is 3.93. The van der Waals surface area contributed by atoms with Crippen LogP contribution in [0, 0.1) is 5.92 Å². The Bertz CT molecular complexity index is 189. The smallest absolute Gasteiger partial charge is 0.136 e. The molecule has 0 rings (SSSR count). The van der Waals surface area contributed by atoms with Crippen LogP contribution in [0.15, 0.2) is 24.3 Å². The summed E-state index contributed by atoms with van der Waals surface area (Å²) < 4.78 is 0. The van der Waals surface area contributed by atoms with E-state index in [2.05, 4.69) is 19.1 Å². The number of ketones is 1. The lowest BCUT2D eigenvalue weighted by atomic mass is 9.99. The Hall–Kier alpha value is -0.850. The molecular formula is C12H20O. The van der Waals surface area contributed by atoms with Crippen molar-refractivity contribution in [3.05, 3.63) is 24.3 Å². The van der Waals surface area contributed by atoms with Crippen molar-refractivity contribution in [2.45, 2.75) is 40.0 Å². The largest absolute Gasteiger partial charge is 0.299 e. The predicted octanol–water partition coefficient (Wildman–Crippen LogP) is 3.51. The van der Waals surface area contributed by atoms with Crippen LogP contribution in [0.4, 0.5) is 0 Å². The summed E-state index contributed by atoms with van der Waals surface area (Å²) in [5, 5.41) is 0. The van der Waals surface area contributed by atoms with Crippen molar-refractivity contribution < 1.29 is 4.79 Å². The van der Waals surface area contributed by atoms with Crippen molar-refractivity contribution in [3.8, 4) is 0 Å². The second-order valence-corrected chi connectivity index (χ2v) is 3.24. The highest BCUT2D eigenvalue weighted by atomic mass is 16.1. The standard InChI is InChI=1S/C12H20O/c1-4-6-7-8-10-12(9-5-2)11(3)13/h4,6,8,10,12H,5,7,9H2,1-3H3. The molecule has 13 heavy (non-hydrogen) atoms. The fraction of sp³-hybridized carbons (Fsp3) is 0.583. The van der Waals surface area contributed by atoms with Crippen LogP contribution in [0.25, 0.3) is 0 Å². The summed E-state index contributed by atoms with van der Waals surface area (Å²) in [6.45, 7) is 5.78. The van der Waals surface area contributed by atoms with E-state index in [0.717, 1.165) is 19.3 Å². The third-order valence-corrected chi connectivity index (χ3v) is 2.00. The number of carbonyl (C=O) groups is 1. The topological polar surface area (TPSA) is 17.1 Å². The third kappa shape index (κ3) is 6.32. The summed E-state index contributed by atoms with van der Waals surface area (Å²) in [5.41, 5.74) is 0. The van der Waals surface area contributed by atoms with Crippen molar-refractivity contribution in [1.29, 1.82) is 0 Å². The maximum absolute atomic E-state index is 11.1. The summed E-state index contributed by atoms with van der Waals surface area (Å²) >= 11 is 0. The van der Waals surface area contributed by atoms with Gasteiger partial charge in [-0.1, -0.05) is 37.6 Å². The normalized spacial score (nSPS) is 14.1. The molecule has 0 saturated heterocycles. The number of hydrogen-bond donors (Lipinski definition) is 0. The zero-order valence-corrected chi connectivity index (χ0v) is 8.92. The lowest BCUT2D eigenvalue weighted by Gasteiger charge is -2.05. The van der Waals surface area contributed by atoms with E-state index >= 15 is 0 Å². The molecule has 1 atom stereocenters. The first-order valence-corrected chi connectivity index (χ1v) is 5.00. The van der Waals surface area contributed by atoms with Crippen LogP contribution >= 0.6 is 0 Å². The van der Waals surface area contributed by atoms with Crippen molar-refractivity contribution >= 4 is 5.78 Å². The summed E-state index contributed by atoms with van der Waals surface area (Å²) in [6, 6.07) is 0. The molecule has 0 spiro atoms. The van der Waals surface area contributed by atoms with Crippen molar-refractivity contribution in [2.75, 3.05) is 0 Å². The van der Waals surface area contributed by atoms with Gasteiger partial charge in [0, 0.05) is 5.92 Å². The first kappa shape index (κ1) is 12.2. The maximum Gasteiger partial charge on any atom is 0.136 e. The van der Waals surface area contributed by atoms with Crippen LogP contribution in [0.5, 0.6) is 0 Å². The maximum atomic E-state index is 11.1. The van der Waals surface area contributed by atoms with Crippen LogP contribution < -0.4 is 0 Å². The van der Waals surface area contributed by atoms with E-state index in [1.807, 2.05) is 19.1 Å².